The van der Waals surface area contributed by atoms with Crippen LogP contribution in [0.15, 0.2) is 5.18 Å². The molecule has 1 heterocycles. The number of hydrogen-bond acceptors (Lipinski definition) is 4. The topological polar surface area (TPSA) is 72.5 Å². The minimum Gasteiger partial charge on any atom is -0.330 e. The highest BCUT2D eigenvalue weighted by Crippen LogP contribution is 2.18. The number of rotatable bonds is 2. The van der Waals surface area contributed by atoms with Crippen LogP contribution in [0.5, 0.6) is 0 Å². The molecule has 0 aliphatic carbocycles. The van der Waals surface area contributed by atoms with Crippen LogP contribution in [0, 0.1) is 10.8 Å². The maximum Gasteiger partial charge on any atom is 0.107 e. The van der Waals surface area contributed by atoms with Crippen molar-refractivity contribution in [3.05, 3.63) is 4.91 Å². The van der Waals surface area contributed by atoms with Gasteiger partial charge in [-0.1, -0.05) is 19.0 Å². The van der Waals surface area contributed by atoms with Gasteiger partial charge in [-0.15, -0.1) is 0 Å². The van der Waals surface area contributed by atoms with E-state index in [4.69, 9.17) is 5.73 Å². The molecule has 0 aromatic rings. The second-order valence-electron chi connectivity index (χ2n) is 2.77. The molecule has 0 aromatic carbocycles. The van der Waals surface area contributed by atoms with Gasteiger partial charge >= 0.3 is 0 Å². The number of hydrogen-bond donors (Lipinski definition) is 1. The van der Waals surface area contributed by atoms with E-state index in [1.165, 1.54) is 0 Å². The van der Waals surface area contributed by atoms with Crippen molar-refractivity contribution in [3.8, 4) is 0 Å². The van der Waals surface area contributed by atoms with Gasteiger partial charge in [-0.25, -0.2) is 0 Å². The summed E-state index contributed by atoms with van der Waals surface area (Å²) in [6, 6.07) is -0.311. The van der Waals surface area contributed by atoms with Crippen molar-refractivity contribution >= 4 is 10.8 Å². The lowest BCUT2D eigenvalue weighted by molar-refractivity contribution is 0.430. The van der Waals surface area contributed by atoms with E-state index in [9.17, 15) is 9.12 Å². The van der Waals surface area contributed by atoms with Crippen LogP contribution in [-0.2, 0) is 10.8 Å². The van der Waals surface area contributed by atoms with E-state index in [1.54, 1.807) is 0 Å². The van der Waals surface area contributed by atoms with Crippen molar-refractivity contribution in [2.75, 3.05) is 18.1 Å². The van der Waals surface area contributed by atoms with Gasteiger partial charge in [0.2, 0.25) is 0 Å². The Morgan fingerprint density at radius 2 is 2.15 bits per heavy atom. The van der Waals surface area contributed by atoms with E-state index in [0.717, 1.165) is 6.42 Å². The molecule has 0 saturated carbocycles. The summed E-state index contributed by atoms with van der Waals surface area (Å²) < 4.78 is 11.0. The molecule has 1 aliphatic heterocycles. The quantitative estimate of drug-likeness (QED) is 0.681. The third kappa shape index (κ3) is 3.95. The third-order valence-electron chi connectivity index (χ3n) is 2.06. The molecule has 0 spiro atoms. The van der Waals surface area contributed by atoms with Gasteiger partial charge in [-0.2, -0.15) is 4.91 Å². The molecule has 0 amide bonds. The molecule has 5 heteroatoms. The van der Waals surface area contributed by atoms with Crippen LogP contribution in [0.3, 0.4) is 0 Å². The highest BCUT2D eigenvalue weighted by molar-refractivity contribution is 7.85. The molecule has 0 aromatic heterocycles. The SMILES string of the molecule is CC.NCC1CCS(=O)CC1N=O. The summed E-state index contributed by atoms with van der Waals surface area (Å²) in [7, 11) is -0.842. The van der Waals surface area contributed by atoms with E-state index in [-0.39, 0.29) is 12.0 Å². The lowest BCUT2D eigenvalue weighted by Crippen LogP contribution is -2.36. The van der Waals surface area contributed by atoms with E-state index in [1.807, 2.05) is 13.8 Å². The average molecular weight is 206 g/mol. The first-order valence-electron chi connectivity index (χ1n) is 4.65. The molecule has 1 aliphatic rings. The lowest BCUT2D eigenvalue weighted by atomic mass is 9.99. The molecule has 78 valence electrons. The zero-order valence-corrected chi connectivity index (χ0v) is 9.05. The Bertz CT molecular complexity index is 176. The van der Waals surface area contributed by atoms with Gasteiger partial charge in [0.05, 0.1) is 0 Å². The molecule has 1 fully saturated rings. The first-order valence-corrected chi connectivity index (χ1v) is 6.14. The largest absolute Gasteiger partial charge is 0.330 e. The van der Waals surface area contributed by atoms with Crippen molar-refractivity contribution < 1.29 is 4.21 Å². The van der Waals surface area contributed by atoms with Gasteiger partial charge in [0.25, 0.3) is 0 Å². The normalized spacial score (nSPS) is 33.0. The second-order valence-corrected chi connectivity index (χ2v) is 4.39. The lowest BCUT2D eigenvalue weighted by Gasteiger charge is -2.24. The van der Waals surface area contributed by atoms with Gasteiger partial charge in [-0.3, -0.25) is 4.21 Å². The van der Waals surface area contributed by atoms with Crippen LogP contribution in [-0.4, -0.2) is 28.3 Å². The van der Waals surface area contributed by atoms with E-state index < -0.39 is 10.8 Å². The molecule has 2 N–H and O–H groups in total. The smallest absolute Gasteiger partial charge is 0.107 e. The zero-order valence-electron chi connectivity index (χ0n) is 8.23. The highest BCUT2D eigenvalue weighted by atomic mass is 32.2. The Kier molecular flexibility index (Phi) is 6.99. The maximum atomic E-state index is 11.0. The molecule has 0 radical (unpaired) electrons. The fourth-order valence-corrected chi connectivity index (χ4v) is 2.72. The van der Waals surface area contributed by atoms with Crippen molar-refractivity contribution in [1.29, 1.82) is 0 Å². The summed E-state index contributed by atoms with van der Waals surface area (Å²) in [4.78, 5) is 10.2. The predicted molar refractivity (Wildman–Crippen MR) is 56.0 cm³/mol. The van der Waals surface area contributed by atoms with Crippen molar-refractivity contribution in [3.63, 3.8) is 0 Å². The first kappa shape index (κ1) is 12.7. The Balaban J connectivity index is 0.000000671. The number of nitrogens with zero attached hydrogens (tertiary/aromatic N) is 1. The fraction of sp³-hybridized carbons (Fsp3) is 1.00. The summed E-state index contributed by atoms with van der Waals surface area (Å²) in [6.07, 6.45) is 0.777. The second kappa shape index (κ2) is 7.15. The fourth-order valence-electron chi connectivity index (χ4n) is 1.28. The van der Waals surface area contributed by atoms with Gasteiger partial charge in [0, 0.05) is 22.3 Å². The first-order chi connectivity index (χ1) is 6.27. The molecule has 3 atom stereocenters. The number of nitrogens with two attached hydrogens (primary N) is 1. The minimum atomic E-state index is -0.842. The Morgan fingerprint density at radius 3 is 2.62 bits per heavy atom. The monoisotopic (exact) mass is 206 g/mol. The average Bonchev–Trinajstić information content (AvgIpc) is 2.20. The van der Waals surface area contributed by atoms with Crippen LogP contribution < -0.4 is 5.73 Å². The van der Waals surface area contributed by atoms with Crippen LogP contribution in [0.25, 0.3) is 0 Å². The van der Waals surface area contributed by atoms with Gasteiger partial charge < -0.3 is 5.73 Å². The van der Waals surface area contributed by atoms with Crippen LogP contribution >= 0.6 is 0 Å². The van der Waals surface area contributed by atoms with Crippen molar-refractivity contribution in [2.45, 2.75) is 26.3 Å². The summed E-state index contributed by atoms with van der Waals surface area (Å²) in [5.41, 5.74) is 5.42. The van der Waals surface area contributed by atoms with Crippen LogP contribution in [0.1, 0.15) is 20.3 Å². The van der Waals surface area contributed by atoms with E-state index in [0.29, 0.717) is 18.1 Å². The third-order valence-corrected chi connectivity index (χ3v) is 3.46. The molecular formula is C8H18N2O2S. The Morgan fingerprint density at radius 1 is 1.54 bits per heavy atom. The molecule has 4 nitrogen and oxygen atoms in total. The number of nitroso groups, excluding NO2 is 1. The molecular weight excluding hydrogens is 188 g/mol. The van der Waals surface area contributed by atoms with Gasteiger partial charge in [0.1, 0.15) is 6.04 Å². The van der Waals surface area contributed by atoms with Crippen molar-refractivity contribution in [1.82, 2.24) is 0 Å². The summed E-state index contributed by atoms with van der Waals surface area (Å²) in [5.74, 6) is 1.24. The van der Waals surface area contributed by atoms with Gasteiger partial charge in [0.15, 0.2) is 0 Å². The Hall–Kier alpha value is -0.290. The summed E-state index contributed by atoms with van der Waals surface area (Å²) in [5, 5.41) is 2.93. The standard InChI is InChI=1S/C6H12N2O2S.C2H6/c7-3-5-1-2-11(10)4-6(5)8-9;1-2/h5-6H,1-4,7H2;1-2H3. The minimum absolute atomic E-state index is 0.158. The van der Waals surface area contributed by atoms with Gasteiger partial charge in [-0.05, 0) is 18.9 Å². The van der Waals surface area contributed by atoms with E-state index >= 15 is 0 Å². The maximum absolute atomic E-state index is 11.0. The highest BCUT2D eigenvalue weighted by Gasteiger charge is 2.28. The van der Waals surface area contributed by atoms with Crippen molar-refractivity contribution in [2.24, 2.45) is 16.8 Å². The molecule has 1 saturated heterocycles. The molecule has 0 bridgehead atoms. The molecule has 13 heavy (non-hydrogen) atoms. The summed E-state index contributed by atoms with van der Waals surface area (Å²) >= 11 is 0. The van der Waals surface area contributed by atoms with Crippen LogP contribution in [0.2, 0.25) is 0 Å². The molecule has 3 unspecified atom stereocenters. The molecule has 1 rings (SSSR count). The predicted octanol–water partition coefficient (Wildman–Crippen LogP) is 0.875. The van der Waals surface area contributed by atoms with E-state index in [2.05, 4.69) is 5.18 Å². The zero-order chi connectivity index (χ0) is 10.3. The summed E-state index contributed by atoms with van der Waals surface area (Å²) in [6.45, 7) is 4.48. The van der Waals surface area contributed by atoms with Crippen LogP contribution in [0.4, 0.5) is 0 Å². The Labute approximate surface area is 81.7 Å².